The maximum absolute atomic E-state index is 13.8. The van der Waals surface area contributed by atoms with Crippen LogP contribution < -0.4 is 14.2 Å². The van der Waals surface area contributed by atoms with E-state index in [-0.39, 0.29) is 5.82 Å². The van der Waals surface area contributed by atoms with Gasteiger partial charge in [-0.2, -0.15) is 0 Å². The third-order valence-corrected chi connectivity index (χ3v) is 7.48. The molecule has 3 aromatic carbocycles. The highest BCUT2D eigenvalue weighted by molar-refractivity contribution is 7.99. The van der Waals surface area contributed by atoms with Gasteiger partial charge in [0.15, 0.2) is 16.7 Å². The van der Waals surface area contributed by atoms with E-state index in [0.29, 0.717) is 34.8 Å². The van der Waals surface area contributed by atoms with E-state index in [1.165, 1.54) is 23.9 Å². The summed E-state index contributed by atoms with van der Waals surface area (Å²) in [5, 5.41) is 9.84. The minimum Gasteiger partial charge on any atom is -0.493 e. The normalized spacial score (nSPS) is 11.4. The number of aromatic nitrogens is 5. The molecule has 5 rings (SSSR count). The molecule has 8 nitrogen and oxygen atoms in total. The first kappa shape index (κ1) is 27.3. The lowest BCUT2D eigenvalue weighted by Crippen LogP contribution is -2.24. The number of hydrogen-bond donors (Lipinski definition) is 0. The summed E-state index contributed by atoms with van der Waals surface area (Å²) in [4.78, 5) is 4.10. The van der Waals surface area contributed by atoms with Crippen LogP contribution in [0.2, 0.25) is 0 Å². The Bertz CT molecular complexity index is 1570. The molecule has 0 amide bonds. The highest BCUT2D eigenvalue weighted by Crippen LogP contribution is 2.38. The monoisotopic (exact) mass is 559 g/mol. The van der Waals surface area contributed by atoms with Crippen molar-refractivity contribution in [2.45, 2.75) is 24.4 Å². The van der Waals surface area contributed by atoms with Crippen molar-refractivity contribution >= 4 is 11.8 Å². The van der Waals surface area contributed by atoms with E-state index in [1.54, 1.807) is 38.9 Å². The van der Waals surface area contributed by atoms with Gasteiger partial charge in [-0.3, -0.25) is 4.57 Å². The average Bonchev–Trinajstić information content (AvgIpc) is 3.67. The Morgan fingerprint density at radius 1 is 0.900 bits per heavy atom. The molecule has 0 radical (unpaired) electrons. The van der Waals surface area contributed by atoms with Crippen molar-refractivity contribution < 1.29 is 18.6 Å². The van der Waals surface area contributed by atoms with Gasteiger partial charge in [0.25, 0.3) is 0 Å². The summed E-state index contributed by atoms with van der Waals surface area (Å²) >= 11 is 1.52. The lowest BCUT2D eigenvalue weighted by molar-refractivity contribution is 0.343. The predicted molar refractivity (Wildman–Crippen MR) is 153 cm³/mol. The third kappa shape index (κ3) is 5.67. The largest absolute Gasteiger partial charge is 0.493 e. The molecule has 2 heterocycles. The lowest BCUT2D eigenvalue weighted by atomic mass is 9.83. The van der Waals surface area contributed by atoms with Crippen molar-refractivity contribution in [3.05, 3.63) is 103 Å². The van der Waals surface area contributed by atoms with Gasteiger partial charge in [0, 0.05) is 29.9 Å². The number of nitrogens with zero attached hydrogens (tertiary/aromatic N) is 5. The fourth-order valence-corrected chi connectivity index (χ4v) is 5.15. The van der Waals surface area contributed by atoms with E-state index >= 15 is 0 Å². The maximum Gasteiger partial charge on any atom is 0.195 e. The van der Waals surface area contributed by atoms with Crippen LogP contribution in [0.4, 0.5) is 4.39 Å². The fourth-order valence-electron chi connectivity index (χ4n) is 4.38. The Balaban J connectivity index is 1.39. The SMILES string of the molecule is COc1ccc(C(C)(C)c2nnc(SCCOc3cccc(-n4ccnc4)c3)n2-c2ccc(F)cc2)cc1OC. The second-order valence-electron chi connectivity index (χ2n) is 9.48. The van der Waals surface area contributed by atoms with Crippen molar-refractivity contribution in [1.29, 1.82) is 0 Å². The number of imidazole rings is 1. The van der Waals surface area contributed by atoms with Gasteiger partial charge in [0.1, 0.15) is 17.4 Å². The summed E-state index contributed by atoms with van der Waals surface area (Å²) in [7, 11) is 3.22. The predicted octanol–water partition coefficient (Wildman–Crippen LogP) is 6.11. The van der Waals surface area contributed by atoms with Crippen LogP contribution in [0, 0.1) is 5.82 Å². The maximum atomic E-state index is 13.8. The fraction of sp³-hybridized carbons (Fsp3) is 0.233. The first-order chi connectivity index (χ1) is 19.4. The molecule has 10 heteroatoms. The van der Waals surface area contributed by atoms with Gasteiger partial charge in [0.2, 0.25) is 0 Å². The molecule has 0 atom stereocenters. The highest BCUT2D eigenvalue weighted by Gasteiger charge is 2.32. The van der Waals surface area contributed by atoms with Gasteiger partial charge >= 0.3 is 0 Å². The van der Waals surface area contributed by atoms with Crippen molar-refractivity contribution in [3.63, 3.8) is 0 Å². The second kappa shape index (κ2) is 11.8. The molecule has 5 aromatic rings. The Morgan fingerprint density at radius 3 is 2.42 bits per heavy atom. The molecular formula is C30H30FN5O3S. The summed E-state index contributed by atoms with van der Waals surface area (Å²) in [6.07, 6.45) is 5.37. The lowest BCUT2D eigenvalue weighted by Gasteiger charge is -2.26. The van der Waals surface area contributed by atoms with Crippen LogP contribution in [0.15, 0.2) is 90.6 Å². The Kier molecular flexibility index (Phi) is 8.06. The van der Waals surface area contributed by atoms with E-state index in [4.69, 9.17) is 14.2 Å². The van der Waals surface area contributed by atoms with Gasteiger partial charge < -0.3 is 18.8 Å². The van der Waals surface area contributed by atoms with Gasteiger partial charge in [-0.1, -0.05) is 23.9 Å². The zero-order chi connectivity index (χ0) is 28.1. The van der Waals surface area contributed by atoms with Crippen LogP contribution in [-0.4, -0.2) is 50.9 Å². The van der Waals surface area contributed by atoms with E-state index in [0.717, 1.165) is 22.7 Å². The van der Waals surface area contributed by atoms with Gasteiger partial charge in [-0.25, -0.2) is 9.37 Å². The number of halogens is 1. The van der Waals surface area contributed by atoms with Crippen LogP contribution in [0.1, 0.15) is 25.2 Å². The number of benzene rings is 3. The molecule has 206 valence electrons. The molecular weight excluding hydrogens is 529 g/mol. The summed E-state index contributed by atoms with van der Waals surface area (Å²) in [5.74, 6) is 3.08. The molecule has 0 fully saturated rings. The smallest absolute Gasteiger partial charge is 0.195 e. The molecule has 0 aliphatic carbocycles. The molecule has 0 saturated heterocycles. The quantitative estimate of drug-likeness (QED) is 0.143. The third-order valence-electron chi connectivity index (χ3n) is 6.59. The Hall–Kier alpha value is -4.31. The van der Waals surface area contributed by atoms with E-state index in [9.17, 15) is 4.39 Å². The minimum atomic E-state index is -0.565. The van der Waals surface area contributed by atoms with Crippen LogP contribution in [0.25, 0.3) is 11.4 Å². The van der Waals surface area contributed by atoms with E-state index in [1.807, 2.05) is 57.8 Å². The van der Waals surface area contributed by atoms with Crippen molar-refractivity contribution in [3.8, 4) is 28.6 Å². The molecule has 0 spiro atoms. The molecule has 0 aliphatic heterocycles. The van der Waals surface area contributed by atoms with Crippen molar-refractivity contribution in [2.24, 2.45) is 0 Å². The van der Waals surface area contributed by atoms with Gasteiger partial charge in [-0.15, -0.1) is 10.2 Å². The van der Waals surface area contributed by atoms with Crippen LogP contribution in [0.5, 0.6) is 17.2 Å². The number of thioether (sulfide) groups is 1. The second-order valence-corrected chi connectivity index (χ2v) is 10.5. The van der Waals surface area contributed by atoms with Crippen LogP contribution in [0.3, 0.4) is 0 Å². The van der Waals surface area contributed by atoms with Crippen molar-refractivity contribution in [2.75, 3.05) is 26.6 Å². The average molecular weight is 560 g/mol. The highest BCUT2D eigenvalue weighted by atomic mass is 32.2. The topological polar surface area (TPSA) is 76.2 Å². The van der Waals surface area contributed by atoms with Crippen LogP contribution >= 0.6 is 11.8 Å². The number of ether oxygens (including phenoxy) is 3. The summed E-state index contributed by atoms with van der Waals surface area (Å²) in [6.45, 7) is 4.61. The zero-order valence-electron chi connectivity index (χ0n) is 22.7. The Morgan fingerprint density at radius 2 is 1.70 bits per heavy atom. The summed E-state index contributed by atoms with van der Waals surface area (Å²) < 4.78 is 34.7. The molecule has 0 unspecified atom stereocenters. The number of methoxy groups -OCH3 is 2. The first-order valence-corrected chi connectivity index (χ1v) is 13.7. The van der Waals surface area contributed by atoms with E-state index in [2.05, 4.69) is 29.0 Å². The molecule has 0 saturated carbocycles. The molecule has 0 aliphatic rings. The number of hydrogen-bond acceptors (Lipinski definition) is 7. The van der Waals surface area contributed by atoms with Crippen molar-refractivity contribution in [1.82, 2.24) is 24.3 Å². The molecule has 40 heavy (non-hydrogen) atoms. The summed E-state index contributed by atoms with van der Waals surface area (Å²) in [5.41, 5.74) is 2.15. The standard InChI is InChI=1S/C30H30FN5O3S/c1-30(2,21-8-13-26(37-3)27(18-21)38-4)28-33-34-29(36(28)23-11-9-22(31)10-12-23)40-17-16-39-25-7-5-6-24(19-25)35-15-14-32-20-35/h5-15,18-20H,16-17H2,1-4H3. The van der Waals surface area contributed by atoms with Crippen LogP contribution in [-0.2, 0) is 5.41 Å². The first-order valence-electron chi connectivity index (χ1n) is 12.7. The van der Waals surface area contributed by atoms with Gasteiger partial charge in [0.05, 0.1) is 38.3 Å². The minimum absolute atomic E-state index is 0.307. The molecule has 0 bridgehead atoms. The van der Waals surface area contributed by atoms with E-state index < -0.39 is 5.41 Å². The zero-order valence-corrected chi connectivity index (χ0v) is 23.6. The summed E-state index contributed by atoms with van der Waals surface area (Å²) in [6, 6.07) is 20.0. The molecule has 2 aromatic heterocycles. The van der Waals surface area contributed by atoms with Gasteiger partial charge in [-0.05, 0) is 67.9 Å². The molecule has 0 N–H and O–H groups in total. The number of rotatable bonds is 11. The Labute approximate surface area is 236 Å².